The first-order chi connectivity index (χ1) is 9.04. The van der Waals surface area contributed by atoms with E-state index in [1.54, 1.807) is 45.0 Å². The van der Waals surface area contributed by atoms with Gasteiger partial charge < -0.3 is 15.2 Å². The maximum atomic E-state index is 11.8. The first kappa shape index (κ1) is 16.0. The van der Waals surface area contributed by atoms with Gasteiger partial charge in [-0.25, -0.2) is 9.59 Å². The van der Waals surface area contributed by atoms with Crippen LogP contribution >= 0.6 is 0 Å². The molecule has 1 aromatic carbocycles. The van der Waals surface area contributed by atoms with Crippen molar-refractivity contribution in [2.45, 2.75) is 45.8 Å². The Bertz CT molecular complexity index is 502. The fourth-order valence-corrected chi connectivity index (χ4v) is 1.64. The Balaban J connectivity index is 3.01. The Morgan fingerprint density at radius 2 is 1.60 bits per heavy atom. The Kier molecular flexibility index (Phi) is 4.43. The van der Waals surface area contributed by atoms with E-state index in [2.05, 4.69) is 5.32 Å². The van der Waals surface area contributed by atoms with Gasteiger partial charge in [0.1, 0.15) is 5.60 Å². The zero-order chi connectivity index (χ0) is 15.6. The maximum absolute atomic E-state index is 11.8. The van der Waals surface area contributed by atoms with E-state index in [1.807, 2.05) is 6.92 Å². The smallest absolute Gasteiger partial charge is 0.408 e. The molecule has 5 heteroatoms. The summed E-state index contributed by atoms with van der Waals surface area (Å²) in [6.07, 6.45) is -0.761. The number of carbonyl (C=O) groups excluding carboxylic acids is 1. The number of nitrogens with one attached hydrogen (secondary N) is 1. The number of amides is 1. The number of carbonyl (C=O) groups is 2. The lowest BCUT2D eigenvalue weighted by Gasteiger charge is -2.29. The molecule has 0 saturated carbocycles. The number of aliphatic carboxylic acids is 1. The predicted octanol–water partition coefficient (Wildman–Crippen LogP) is 2.82. The monoisotopic (exact) mass is 279 g/mol. The highest BCUT2D eigenvalue weighted by Crippen LogP contribution is 2.22. The molecule has 0 aliphatic rings. The van der Waals surface area contributed by atoms with Crippen LogP contribution in [0.15, 0.2) is 24.3 Å². The Morgan fingerprint density at radius 1 is 1.10 bits per heavy atom. The van der Waals surface area contributed by atoms with Crippen molar-refractivity contribution in [1.29, 1.82) is 0 Å². The minimum absolute atomic E-state index is 0.487. The third-order valence-electron chi connectivity index (χ3n) is 2.81. The molecule has 0 spiro atoms. The summed E-state index contributed by atoms with van der Waals surface area (Å²) < 4.78 is 5.12. The van der Waals surface area contributed by atoms with Gasteiger partial charge in [0.15, 0.2) is 5.54 Å². The molecule has 0 bridgehead atoms. The van der Waals surface area contributed by atoms with E-state index in [9.17, 15) is 14.7 Å². The van der Waals surface area contributed by atoms with Crippen molar-refractivity contribution in [2.75, 3.05) is 0 Å². The van der Waals surface area contributed by atoms with Crippen molar-refractivity contribution in [3.63, 3.8) is 0 Å². The van der Waals surface area contributed by atoms with E-state index in [-0.39, 0.29) is 0 Å². The number of rotatable bonds is 3. The van der Waals surface area contributed by atoms with Crippen LogP contribution in [-0.2, 0) is 15.1 Å². The topological polar surface area (TPSA) is 75.6 Å². The van der Waals surface area contributed by atoms with Crippen molar-refractivity contribution in [1.82, 2.24) is 5.32 Å². The van der Waals surface area contributed by atoms with Gasteiger partial charge in [0, 0.05) is 0 Å². The largest absolute Gasteiger partial charge is 0.479 e. The number of hydrogen-bond donors (Lipinski definition) is 2. The average Bonchev–Trinajstić information content (AvgIpc) is 2.26. The number of carboxylic acids is 1. The molecule has 1 rings (SSSR count). The van der Waals surface area contributed by atoms with E-state index in [4.69, 9.17) is 4.74 Å². The highest BCUT2D eigenvalue weighted by molar-refractivity contribution is 5.85. The van der Waals surface area contributed by atoms with Gasteiger partial charge in [0.25, 0.3) is 0 Å². The Morgan fingerprint density at radius 3 is 2.00 bits per heavy atom. The molecule has 0 saturated heterocycles. The van der Waals surface area contributed by atoms with Crippen LogP contribution in [-0.4, -0.2) is 22.8 Å². The molecule has 0 aromatic heterocycles. The minimum atomic E-state index is -1.53. The van der Waals surface area contributed by atoms with E-state index < -0.39 is 23.2 Å². The fraction of sp³-hybridized carbons (Fsp3) is 0.467. The second kappa shape index (κ2) is 5.53. The second-order valence-electron chi connectivity index (χ2n) is 5.92. The number of ether oxygens (including phenoxy) is 1. The van der Waals surface area contributed by atoms with Gasteiger partial charge in [-0.2, -0.15) is 0 Å². The summed E-state index contributed by atoms with van der Waals surface area (Å²) in [5, 5.41) is 11.9. The molecule has 1 unspecified atom stereocenters. The third-order valence-corrected chi connectivity index (χ3v) is 2.81. The molecular formula is C15H21NO4. The van der Waals surface area contributed by atoms with E-state index >= 15 is 0 Å². The lowest BCUT2D eigenvalue weighted by molar-refractivity contribution is -0.144. The van der Waals surface area contributed by atoms with Crippen LogP contribution in [0.4, 0.5) is 4.79 Å². The van der Waals surface area contributed by atoms with Crippen LogP contribution in [0.2, 0.25) is 0 Å². The van der Waals surface area contributed by atoms with Crippen molar-refractivity contribution in [3.8, 4) is 0 Å². The normalized spacial score (nSPS) is 14.2. The van der Waals surface area contributed by atoms with E-state index in [0.717, 1.165) is 5.56 Å². The van der Waals surface area contributed by atoms with Gasteiger partial charge in [-0.15, -0.1) is 0 Å². The maximum Gasteiger partial charge on any atom is 0.408 e. The van der Waals surface area contributed by atoms with Gasteiger partial charge in [-0.3, -0.25) is 0 Å². The molecule has 0 aliphatic carbocycles. The second-order valence-corrected chi connectivity index (χ2v) is 5.92. The fourth-order valence-electron chi connectivity index (χ4n) is 1.64. The van der Waals surface area contributed by atoms with Gasteiger partial charge in [-0.05, 0) is 40.2 Å². The average molecular weight is 279 g/mol. The van der Waals surface area contributed by atoms with Gasteiger partial charge in [-0.1, -0.05) is 29.8 Å². The molecule has 1 amide bonds. The lowest BCUT2D eigenvalue weighted by atomic mass is 9.91. The third kappa shape index (κ3) is 3.98. The molecule has 0 heterocycles. The van der Waals surface area contributed by atoms with Crippen LogP contribution in [0.25, 0.3) is 0 Å². The molecule has 1 aromatic rings. The summed E-state index contributed by atoms with van der Waals surface area (Å²) in [6.45, 7) is 8.50. The van der Waals surface area contributed by atoms with E-state index in [0.29, 0.717) is 5.56 Å². The molecule has 0 aliphatic heterocycles. The number of benzene rings is 1. The lowest BCUT2D eigenvalue weighted by Crippen LogP contribution is -2.51. The van der Waals surface area contributed by atoms with Crippen molar-refractivity contribution in [2.24, 2.45) is 0 Å². The number of aryl methyl sites for hydroxylation is 1. The molecular weight excluding hydrogens is 258 g/mol. The molecule has 1 atom stereocenters. The number of hydrogen-bond acceptors (Lipinski definition) is 3. The predicted molar refractivity (Wildman–Crippen MR) is 75.5 cm³/mol. The molecule has 110 valence electrons. The van der Waals surface area contributed by atoms with Gasteiger partial charge >= 0.3 is 12.1 Å². The standard InChI is InChI=1S/C15H21NO4/c1-10-6-8-11(9-7-10)15(5,12(17)18)16-13(19)20-14(2,3)4/h6-9H,1-5H3,(H,16,19)(H,17,18). The molecule has 20 heavy (non-hydrogen) atoms. The first-order valence-electron chi connectivity index (χ1n) is 6.36. The van der Waals surface area contributed by atoms with Crippen molar-refractivity contribution < 1.29 is 19.4 Å². The first-order valence-corrected chi connectivity index (χ1v) is 6.36. The van der Waals surface area contributed by atoms with Gasteiger partial charge in [0.05, 0.1) is 0 Å². The van der Waals surface area contributed by atoms with Crippen molar-refractivity contribution in [3.05, 3.63) is 35.4 Å². The van der Waals surface area contributed by atoms with Crippen LogP contribution in [0, 0.1) is 6.92 Å². The molecule has 0 fully saturated rings. The van der Waals surface area contributed by atoms with Crippen molar-refractivity contribution >= 4 is 12.1 Å². The SMILES string of the molecule is Cc1ccc(C(C)(NC(=O)OC(C)(C)C)C(=O)O)cc1. The van der Waals surface area contributed by atoms with Crippen LogP contribution in [0.3, 0.4) is 0 Å². The molecule has 0 radical (unpaired) electrons. The number of carboxylic acid groups (broad SMARTS) is 1. The highest BCUT2D eigenvalue weighted by Gasteiger charge is 2.38. The summed E-state index contributed by atoms with van der Waals surface area (Å²) in [5.74, 6) is -1.15. The van der Waals surface area contributed by atoms with E-state index in [1.165, 1.54) is 6.92 Å². The summed E-state index contributed by atoms with van der Waals surface area (Å²) in [6, 6.07) is 6.96. The van der Waals surface area contributed by atoms with Crippen LogP contribution in [0.5, 0.6) is 0 Å². The summed E-state index contributed by atoms with van der Waals surface area (Å²) in [5.41, 5.74) is -0.715. The minimum Gasteiger partial charge on any atom is -0.479 e. The zero-order valence-electron chi connectivity index (χ0n) is 12.5. The molecule has 2 N–H and O–H groups in total. The van der Waals surface area contributed by atoms with Gasteiger partial charge in [0.2, 0.25) is 0 Å². The Labute approximate surface area is 118 Å². The summed E-state index contributed by atoms with van der Waals surface area (Å²) in [4.78, 5) is 23.4. The zero-order valence-corrected chi connectivity index (χ0v) is 12.5. The van der Waals surface area contributed by atoms with Crippen LogP contribution in [0.1, 0.15) is 38.8 Å². The highest BCUT2D eigenvalue weighted by atomic mass is 16.6. The quantitative estimate of drug-likeness (QED) is 0.892. The number of alkyl carbamates (subject to hydrolysis) is 1. The Hall–Kier alpha value is -2.04. The van der Waals surface area contributed by atoms with Crippen LogP contribution < -0.4 is 5.32 Å². The molecule has 5 nitrogen and oxygen atoms in total. The summed E-state index contributed by atoms with van der Waals surface area (Å²) >= 11 is 0. The summed E-state index contributed by atoms with van der Waals surface area (Å²) in [7, 11) is 0.